The van der Waals surface area contributed by atoms with E-state index in [0.717, 1.165) is 0 Å². The minimum Gasteiger partial charge on any atom is -0.214 e. The molecular formula is C2H4F2O3P+. The molecule has 0 spiro atoms. The fourth-order valence-corrected chi connectivity index (χ4v) is 0.351. The van der Waals surface area contributed by atoms with Crippen molar-refractivity contribution >= 4 is 8.25 Å². The second kappa shape index (κ2) is 5.03. The van der Waals surface area contributed by atoms with E-state index in [1.807, 2.05) is 0 Å². The quantitative estimate of drug-likeness (QED) is 0.562. The van der Waals surface area contributed by atoms with Crippen molar-refractivity contribution < 1.29 is 22.4 Å². The summed E-state index contributed by atoms with van der Waals surface area (Å²) >= 11 is 0. The molecule has 3 nitrogen and oxygen atoms in total. The van der Waals surface area contributed by atoms with Crippen molar-refractivity contribution in [2.75, 3.05) is 13.7 Å². The first kappa shape index (κ1) is 7.88. The lowest BCUT2D eigenvalue weighted by Gasteiger charge is -1.75. The summed E-state index contributed by atoms with van der Waals surface area (Å²) in [7, 11) is -2.58. The van der Waals surface area contributed by atoms with Gasteiger partial charge in [-0.05, 0) is 0 Å². The lowest BCUT2D eigenvalue weighted by Crippen LogP contribution is -1.79. The number of hydrogen-bond acceptors (Lipinski definition) is 3. The van der Waals surface area contributed by atoms with Gasteiger partial charge in [-0.25, -0.2) is 8.78 Å². The molecule has 0 aliphatic heterocycles. The zero-order valence-electron chi connectivity index (χ0n) is 3.84. The highest BCUT2D eigenvalue weighted by atomic mass is 31.1. The lowest BCUT2D eigenvalue weighted by molar-refractivity contribution is 0.127. The number of alkyl halides is 2. The summed E-state index contributed by atoms with van der Waals surface area (Å²) in [5.74, 6) is 0. The van der Waals surface area contributed by atoms with Gasteiger partial charge in [0, 0.05) is 4.57 Å². The Morgan fingerprint density at radius 1 is 1.25 bits per heavy atom. The van der Waals surface area contributed by atoms with Gasteiger partial charge in [-0.15, -0.1) is 0 Å². The summed E-state index contributed by atoms with van der Waals surface area (Å²) in [4.78, 5) is 0. The number of halogens is 2. The molecule has 0 aliphatic carbocycles. The summed E-state index contributed by atoms with van der Waals surface area (Å²) in [6.07, 6.45) is 0. The molecule has 0 aromatic rings. The van der Waals surface area contributed by atoms with Crippen LogP contribution < -0.4 is 0 Å². The van der Waals surface area contributed by atoms with Crippen LogP contribution in [0.25, 0.3) is 0 Å². The minimum absolute atomic E-state index is 1.23. The maximum absolute atomic E-state index is 11.0. The van der Waals surface area contributed by atoms with Crippen LogP contribution in [0.5, 0.6) is 0 Å². The van der Waals surface area contributed by atoms with Gasteiger partial charge in [0.25, 0.3) is 0 Å². The molecular weight excluding hydrogens is 141 g/mol. The van der Waals surface area contributed by atoms with Gasteiger partial charge in [0.2, 0.25) is 13.7 Å². The van der Waals surface area contributed by atoms with E-state index in [9.17, 15) is 13.3 Å². The number of hydrogen-bond donors (Lipinski definition) is 0. The zero-order chi connectivity index (χ0) is 6.41. The van der Waals surface area contributed by atoms with Crippen molar-refractivity contribution in [1.82, 2.24) is 0 Å². The summed E-state index contributed by atoms with van der Waals surface area (Å²) in [5, 5.41) is 0. The molecule has 0 unspecified atom stereocenters. The molecule has 0 N–H and O–H groups in total. The van der Waals surface area contributed by atoms with E-state index in [1.165, 1.54) is 0 Å². The second-order valence-corrected chi connectivity index (χ2v) is 1.66. The molecule has 0 saturated carbocycles. The fraction of sp³-hybridized carbons (Fsp3) is 1.00. The Balaban J connectivity index is 3.06. The van der Waals surface area contributed by atoms with Crippen LogP contribution in [-0.4, -0.2) is 13.7 Å². The van der Waals surface area contributed by atoms with Crippen LogP contribution in [0.2, 0.25) is 0 Å². The highest BCUT2D eigenvalue weighted by Crippen LogP contribution is 2.22. The van der Waals surface area contributed by atoms with E-state index >= 15 is 0 Å². The smallest absolute Gasteiger partial charge is 0.214 e. The summed E-state index contributed by atoms with van der Waals surface area (Å²) in [6.45, 7) is -2.45. The van der Waals surface area contributed by atoms with Gasteiger partial charge in [-0.2, -0.15) is 0 Å². The van der Waals surface area contributed by atoms with E-state index in [1.54, 1.807) is 0 Å². The third-order valence-corrected chi connectivity index (χ3v) is 0.925. The van der Waals surface area contributed by atoms with E-state index in [0.29, 0.717) is 0 Å². The van der Waals surface area contributed by atoms with Crippen LogP contribution in [0.15, 0.2) is 0 Å². The first-order valence-electron chi connectivity index (χ1n) is 1.66. The predicted octanol–water partition coefficient (Wildman–Crippen LogP) is 1.53. The van der Waals surface area contributed by atoms with Crippen molar-refractivity contribution in [3.8, 4) is 0 Å². The molecule has 48 valence electrons. The average molecular weight is 145 g/mol. The van der Waals surface area contributed by atoms with Crippen molar-refractivity contribution in [3.05, 3.63) is 0 Å². The molecule has 8 heavy (non-hydrogen) atoms. The molecule has 6 heteroatoms. The van der Waals surface area contributed by atoms with Gasteiger partial charge in [-0.1, -0.05) is 9.05 Å². The average Bonchev–Trinajstić information content (AvgIpc) is 1.68. The van der Waals surface area contributed by atoms with Gasteiger partial charge in [-0.3, -0.25) is 0 Å². The van der Waals surface area contributed by atoms with Crippen molar-refractivity contribution in [1.29, 1.82) is 0 Å². The Morgan fingerprint density at radius 2 is 1.62 bits per heavy atom. The van der Waals surface area contributed by atoms with Gasteiger partial charge >= 0.3 is 8.25 Å². The first-order chi connectivity index (χ1) is 3.81. The van der Waals surface area contributed by atoms with Gasteiger partial charge in [0.05, 0.1) is 0 Å². The Labute approximate surface area is 45.5 Å². The predicted molar refractivity (Wildman–Crippen MR) is 21.7 cm³/mol. The highest BCUT2D eigenvalue weighted by molar-refractivity contribution is 7.33. The van der Waals surface area contributed by atoms with Crippen LogP contribution in [0, 0.1) is 0 Å². The summed E-state index contributed by atoms with van der Waals surface area (Å²) in [5.41, 5.74) is 0. The SMILES string of the molecule is O=[P+](OCF)OCF. The molecule has 0 saturated heterocycles. The fourth-order valence-electron chi connectivity index (χ4n) is 0.117. The highest BCUT2D eigenvalue weighted by Gasteiger charge is 2.18. The van der Waals surface area contributed by atoms with E-state index in [-0.39, 0.29) is 0 Å². The molecule has 0 aliphatic rings. The van der Waals surface area contributed by atoms with Gasteiger partial charge in [0.1, 0.15) is 0 Å². The molecule has 0 aromatic heterocycles. The van der Waals surface area contributed by atoms with Crippen molar-refractivity contribution in [3.63, 3.8) is 0 Å². The standard InChI is InChI=1S/C2H4F2O3P/c3-1-6-8(5)7-2-4/h1-2H2/q+1. The Bertz CT molecular complexity index is 69.7. The van der Waals surface area contributed by atoms with Crippen LogP contribution in [0.4, 0.5) is 8.78 Å². The van der Waals surface area contributed by atoms with E-state index in [2.05, 4.69) is 9.05 Å². The van der Waals surface area contributed by atoms with Crippen LogP contribution in [-0.2, 0) is 13.6 Å². The molecule has 0 amide bonds. The Morgan fingerprint density at radius 3 is 1.88 bits per heavy atom. The van der Waals surface area contributed by atoms with Crippen LogP contribution >= 0.6 is 8.25 Å². The van der Waals surface area contributed by atoms with Crippen LogP contribution in [0.3, 0.4) is 0 Å². The molecule has 0 heterocycles. The van der Waals surface area contributed by atoms with Gasteiger partial charge < -0.3 is 0 Å². The molecule has 0 rings (SSSR count). The Hall–Kier alpha value is -0.120. The maximum atomic E-state index is 11.0. The molecule has 0 bridgehead atoms. The molecule has 0 atom stereocenters. The largest absolute Gasteiger partial charge is 0.702 e. The summed E-state index contributed by atoms with van der Waals surface area (Å²) in [6, 6.07) is 0. The second-order valence-electron chi connectivity index (χ2n) is 0.700. The molecule has 0 aromatic carbocycles. The lowest BCUT2D eigenvalue weighted by atomic mass is 11.6. The normalized spacial score (nSPS) is 9.25. The van der Waals surface area contributed by atoms with E-state index in [4.69, 9.17) is 0 Å². The number of rotatable bonds is 4. The van der Waals surface area contributed by atoms with Crippen LogP contribution in [0.1, 0.15) is 0 Å². The van der Waals surface area contributed by atoms with Gasteiger partial charge in [0.15, 0.2) is 0 Å². The Kier molecular flexibility index (Phi) is 4.95. The molecule has 0 radical (unpaired) electrons. The van der Waals surface area contributed by atoms with Crippen molar-refractivity contribution in [2.24, 2.45) is 0 Å². The van der Waals surface area contributed by atoms with Crippen molar-refractivity contribution in [2.45, 2.75) is 0 Å². The summed E-state index contributed by atoms with van der Waals surface area (Å²) < 4.78 is 39.1. The molecule has 0 fully saturated rings. The monoisotopic (exact) mass is 145 g/mol. The minimum atomic E-state index is -2.58. The third kappa shape index (κ3) is 4.05. The maximum Gasteiger partial charge on any atom is 0.702 e. The third-order valence-electron chi connectivity index (χ3n) is 0.308. The zero-order valence-corrected chi connectivity index (χ0v) is 4.74. The van der Waals surface area contributed by atoms with E-state index < -0.39 is 22.0 Å². The topological polar surface area (TPSA) is 35.5 Å². The first-order valence-corrected chi connectivity index (χ1v) is 2.76.